The summed E-state index contributed by atoms with van der Waals surface area (Å²) in [5.74, 6) is 0.382. The third-order valence-electron chi connectivity index (χ3n) is 3.74. The molecule has 0 radical (unpaired) electrons. The van der Waals surface area contributed by atoms with Gasteiger partial charge in [-0.1, -0.05) is 26.0 Å². The molecular weight excluding hydrogens is 286 g/mol. The van der Waals surface area contributed by atoms with Gasteiger partial charge in [-0.2, -0.15) is 4.31 Å². The molecule has 0 aliphatic carbocycles. The summed E-state index contributed by atoms with van der Waals surface area (Å²) in [7, 11) is -3.48. The Balaban J connectivity index is 1.88. The van der Waals surface area contributed by atoms with Gasteiger partial charge in [-0.3, -0.25) is 0 Å². The third kappa shape index (κ3) is 2.56. The van der Waals surface area contributed by atoms with Crippen LogP contribution in [0.2, 0.25) is 0 Å². The third-order valence-corrected chi connectivity index (χ3v) is 5.54. The first kappa shape index (κ1) is 14.2. The highest BCUT2D eigenvalue weighted by molar-refractivity contribution is 7.89. The Morgan fingerprint density at radius 1 is 1.14 bits per heavy atom. The molecule has 1 aliphatic heterocycles. The van der Waals surface area contributed by atoms with Gasteiger partial charge in [0.25, 0.3) is 0 Å². The summed E-state index contributed by atoms with van der Waals surface area (Å²) in [5.41, 5.74) is 2.79. The standard InChI is InChI=1S/C15H17N3O2S/c1-11(2)12-3-5-14(6-4-12)21(19,20)18-8-13-7-16-10-17-15(13)9-18/h3-7,10-11H,8-9H2,1-2H3. The van der Waals surface area contributed by atoms with Crippen LogP contribution in [0.15, 0.2) is 41.7 Å². The van der Waals surface area contributed by atoms with Crippen LogP contribution in [-0.2, 0) is 23.1 Å². The Morgan fingerprint density at radius 2 is 1.86 bits per heavy atom. The van der Waals surface area contributed by atoms with Crippen LogP contribution in [0, 0.1) is 0 Å². The monoisotopic (exact) mass is 303 g/mol. The van der Waals surface area contributed by atoms with E-state index in [1.165, 1.54) is 10.6 Å². The number of hydrogen-bond donors (Lipinski definition) is 0. The molecule has 6 heteroatoms. The predicted octanol–water partition coefficient (Wildman–Crippen LogP) is 2.30. The Bertz CT molecular complexity index is 730. The van der Waals surface area contributed by atoms with Gasteiger partial charge in [-0.05, 0) is 23.6 Å². The number of fused-ring (bicyclic) bond motifs is 1. The lowest BCUT2D eigenvalue weighted by atomic mass is 10.0. The maximum absolute atomic E-state index is 12.7. The van der Waals surface area contributed by atoms with Crippen molar-refractivity contribution in [1.82, 2.24) is 14.3 Å². The van der Waals surface area contributed by atoms with Gasteiger partial charge in [0.1, 0.15) is 6.33 Å². The number of sulfonamides is 1. The molecule has 2 aromatic rings. The summed E-state index contributed by atoms with van der Waals surface area (Å²) < 4.78 is 26.8. The zero-order valence-electron chi connectivity index (χ0n) is 12.0. The Morgan fingerprint density at radius 3 is 2.48 bits per heavy atom. The van der Waals surface area contributed by atoms with Crippen LogP contribution in [0.25, 0.3) is 0 Å². The van der Waals surface area contributed by atoms with E-state index in [-0.39, 0.29) is 0 Å². The number of benzene rings is 1. The van der Waals surface area contributed by atoms with Crippen LogP contribution >= 0.6 is 0 Å². The molecule has 1 aromatic heterocycles. The van der Waals surface area contributed by atoms with Gasteiger partial charge in [0.2, 0.25) is 10.0 Å². The van der Waals surface area contributed by atoms with Crippen molar-refractivity contribution < 1.29 is 8.42 Å². The fourth-order valence-corrected chi connectivity index (χ4v) is 3.79. The summed E-state index contributed by atoms with van der Waals surface area (Å²) in [6.07, 6.45) is 3.13. The normalized spacial score (nSPS) is 15.4. The number of nitrogens with zero attached hydrogens (tertiary/aromatic N) is 3. The maximum atomic E-state index is 12.7. The lowest BCUT2D eigenvalue weighted by Crippen LogP contribution is -2.25. The van der Waals surface area contributed by atoms with Crippen LogP contribution in [0.4, 0.5) is 0 Å². The van der Waals surface area contributed by atoms with Crippen molar-refractivity contribution >= 4 is 10.0 Å². The van der Waals surface area contributed by atoms with E-state index in [2.05, 4.69) is 23.8 Å². The quantitative estimate of drug-likeness (QED) is 0.873. The Kier molecular flexibility index (Phi) is 3.51. The average Bonchev–Trinajstić information content (AvgIpc) is 2.92. The van der Waals surface area contributed by atoms with Crippen molar-refractivity contribution in [3.63, 3.8) is 0 Å². The molecule has 0 N–H and O–H groups in total. The van der Waals surface area contributed by atoms with Gasteiger partial charge in [0, 0.05) is 18.3 Å². The van der Waals surface area contributed by atoms with E-state index >= 15 is 0 Å². The molecule has 0 spiro atoms. The first-order valence-corrected chi connectivity index (χ1v) is 8.30. The van der Waals surface area contributed by atoms with E-state index in [9.17, 15) is 8.42 Å². The fraction of sp³-hybridized carbons (Fsp3) is 0.333. The Hall–Kier alpha value is -1.79. The van der Waals surface area contributed by atoms with E-state index in [0.29, 0.717) is 23.9 Å². The summed E-state index contributed by atoms with van der Waals surface area (Å²) in [5, 5.41) is 0. The molecule has 5 nitrogen and oxygen atoms in total. The number of aromatic nitrogens is 2. The smallest absolute Gasteiger partial charge is 0.243 e. The minimum atomic E-state index is -3.48. The van der Waals surface area contributed by atoms with Crippen LogP contribution in [-0.4, -0.2) is 22.7 Å². The van der Waals surface area contributed by atoms with E-state index in [1.807, 2.05) is 12.1 Å². The highest BCUT2D eigenvalue weighted by atomic mass is 32.2. The minimum absolute atomic E-state index is 0.312. The molecule has 2 heterocycles. The molecule has 0 saturated carbocycles. The van der Waals surface area contributed by atoms with Crippen molar-refractivity contribution in [3.8, 4) is 0 Å². The molecule has 1 aliphatic rings. The molecule has 0 unspecified atom stereocenters. The summed E-state index contributed by atoms with van der Waals surface area (Å²) in [6, 6.07) is 7.11. The molecule has 0 saturated heterocycles. The van der Waals surface area contributed by atoms with Crippen molar-refractivity contribution in [2.45, 2.75) is 37.8 Å². The SMILES string of the molecule is CC(C)c1ccc(S(=O)(=O)N2Cc3cncnc3C2)cc1. The summed E-state index contributed by atoms with van der Waals surface area (Å²) >= 11 is 0. The summed E-state index contributed by atoms with van der Waals surface area (Å²) in [6.45, 7) is 4.81. The van der Waals surface area contributed by atoms with Gasteiger partial charge in [0.15, 0.2) is 0 Å². The minimum Gasteiger partial charge on any atom is -0.244 e. The first-order chi connectivity index (χ1) is 9.98. The second-order valence-electron chi connectivity index (χ2n) is 5.49. The largest absolute Gasteiger partial charge is 0.244 e. The van der Waals surface area contributed by atoms with Gasteiger partial charge >= 0.3 is 0 Å². The molecule has 0 fully saturated rings. The molecule has 3 rings (SSSR count). The average molecular weight is 303 g/mol. The molecule has 0 atom stereocenters. The Labute approximate surface area is 124 Å². The van der Waals surface area contributed by atoms with E-state index in [1.54, 1.807) is 18.3 Å². The first-order valence-electron chi connectivity index (χ1n) is 6.86. The van der Waals surface area contributed by atoms with Crippen molar-refractivity contribution in [3.05, 3.63) is 53.6 Å². The molecule has 110 valence electrons. The van der Waals surface area contributed by atoms with E-state index in [0.717, 1.165) is 16.8 Å². The number of hydrogen-bond acceptors (Lipinski definition) is 4. The maximum Gasteiger partial charge on any atom is 0.243 e. The van der Waals surface area contributed by atoms with Crippen molar-refractivity contribution in [1.29, 1.82) is 0 Å². The summed E-state index contributed by atoms with van der Waals surface area (Å²) in [4.78, 5) is 8.41. The number of rotatable bonds is 3. The molecule has 21 heavy (non-hydrogen) atoms. The lowest BCUT2D eigenvalue weighted by Gasteiger charge is -2.16. The van der Waals surface area contributed by atoms with Crippen LogP contribution in [0.3, 0.4) is 0 Å². The van der Waals surface area contributed by atoms with Crippen LogP contribution < -0.4 is 0 Å². The van der Waals surface area contributed by atoms with Gasteiger partial charge < -0.3 is 0 Å². The fourth-order valence-electron chi connectivity index (χ4n) is 2.41. The topological polar surface area (TPSA) is 63.2 Å². The van der Waals surface area contributed by atoms with Gasteiger partial charge in [0.05, 0.1) is 17.1 Å². The predicted molar refractivity (Wildman–Crippen MR) is 79.0 cm³/mol. The molecule has 0 amide bonds. The zero-order chi connectivity index (χ0) is 15.0. The highest BCUT2D eigenvalue weighted by Crippen LogP contribution is 2.27. The van der Waals surface area contributed by atoms with Gasteiger partial charge in [-0.15, -0.1) is 0 Å². The highest BCUT2D eigenvalue weighted by Gasteiger charge is 2.31. The second-order valence-corrected chi connectivity index (χ2v) is 7.43. The molecule has 0 bridgehead atoms. The van der Waals surface area contributed by atoms with Crippen LogP contribution in [0.1, 0.15) is 36.6 Å². The van der Waals surface area contributed by atoms with E-state index in [4.69, 9.17) is 0 Å². The van der Waals surface area contributed by atoms with Crippen LogP contribution in [0.5, 0.6) is 0 Å². The van der Waals surface area contributed by atoms with Gasteiger partial charge in [-0.25, -0.2) is 18.4 Å². The molecule has 1 aromatic carbocycles. The van der Waals surface area contributed by atoms with Crippen molar-refractivity contribution in [2.24, 2.45) is 0 Å². The van der Waals surface area contributed by atoms with Crippen molar-refractivity contribution in [2.75, 3.05) is 0 Å². The van der Waals surface area contributed by atoms with E-state index < -0.39 is 10.0 Å². The molecular formula is C15H17N3O2S. The second kappa shape index (κ2) is 5.20. The zero-order valence-corrected chi connectivity index (χ0v) is 12.8. The lowest BCUT2D eigenvalue weighted by molar-refractivity contribution is 0.429.